The van der Waals surface area contributed by atoms with E-state index in [-0.39, 0.29) is 37.6 Å². The van der Waals surface area contributed by atoms with Gasteiger partial charge in [0.1, 0.15) is 0 Å². The van der Waals surface area contributed by atoms with Gasteiger partial charge in [-0.15, -0.1) is 0 Å². The number of alkyl halides is 3. The number of nitrogens with one attached hydrogen (secondary N) is 1. The second-order valence-electron chi connectivity index (χ2n) is 7.49. The number of amides is 2. The van der Waals surface area contributed by atoms with Crippen LogP contribution in [0.1, 0.15) is 22.3 Å². The molecule has 0 unspecified atom stereocenters. The number of urea groups is 1. The summed E-state index contributed by atoms with van der Waals surface area (Å²) < 4.78 is 65.5. The van der Waals surface area contributed by atoms with Crippen LogP contribution in [0.3, 0.4) is 0 Å². The summed E-state index contributed by atoms with van der Waals surface area (Å²) >= 11 is 0. The average Bonchev–Trinajstić information content (AvgIpc) is 2.73. The van der Waals surface area contributed by atoms with Gasteiger partial charge in [-0.05, 0) is 54.8 Å². The summed E-state index contributed by atoms with van der Waals surface area (Å²) in [5.74, 6) is 0. The summed E-state index contributed by atoms with van der Waals surface area (Å²) in [5, 5.41) is 2.60. The lowest BCUT2D eigenvalue weighted by Gasteiger charge is -2.34. The zero-order valence-corrected chi connectivity index (χ0v) is 18.1. The molecule has 1 heterocycles. The molecule has 6 nitrogen and oxygen atoms in total. The topological polar surface area (TPSA) is 69.7 Å². The standard InChI is InChI=1S/C21H24F3N3O3S/c1-15-6-7-19(12-16(15)2)31(29,30)27-10-8-26(9-11-27)20(28)25-14-17-4-3-5-18(13-17)21(22,23)24/h3-7,12-13H,8-11,14H2,1-2H3,(H,25,28). The van der Waals surface area contributed by atoms with Crippen molar-refractivity contribution < 1.29 is 26.4 Å². The number of rotatable bonds is 4. The maximum atomic E-state index is 12.9. The van der Waals surface area contributed by atoms with E-state index in [1.807, 2.05) is 13.8 Å². The molecule has 0 atom stereocenters. The van der Waals surface area contributed by atoms with E-state index < -0.39 is 27.8 Å². The molecule has 0 bridgehead atoms. The predicted octanol–water partition coefficient (Wildman–Crippen LogP) is 3.54. The van der Waals surface area contributed by atoms with Gasteiger partial charge in [0.15, 0.2) is 0 Å². The lowest BCUT2D eigenvalue weighted by atomic mass is 10.1. The normalized spacial score (nSPS) is 15.7. The number of hydrogen-bond acceptors (Lipinski definition) is 3. The van der Waals surface area contributed by atoms with Crippen LogP contribution < -0.4 is 5.32 Å². The van der Waals surface area contributed by atoms with E-state index >= 15 is 0 Å². The van der Waals surface area contributed by atoms with Gasteiger partial charge in [0.05, 0.1) is 10.5 Å². The number of carbonyl (C=O) groups is 1. The Hall–Kier alpha value is -2.59. The molecule has 3 rings (SSSR count). The van der Waals surface area contributed by atoms with Crippen molar-refractivity contribution >= 4 is 16.1 Å². The lowest BCUT2D eigenvalue weighted by Crippen LogP contribution is -2.52. The Kier molecular flexibility index (Phi) is 6.61. The average molecular weight is 456 g/mol. The number of hydrogen-bond donors (Lipinski definition) is 1. The van der Waals surface area contributed by atoms with E-state index in [1.165, 1.54) is 21.3 Å². The Balaban J connectivity index is 1.57. The fourth-order valence-electron chi connectivity index (χ4n) is 3.30. The Morgan fingerprint density at radius 2 is 1.68 bits per heavy atom. The van der Waals surface area contributed by atoms with Gasteiger partial charge in [-0.3, -0.25) is 0 Å². The van der Waals surface area contributed by atoms with Gasteiger partial charge >= 0.3 is 12.2 Å². The molecule has 0 aromatic heterocycles. The molecule has 1 saturated heterocycles. The zero-order chi connectivity index (χ0) is 22.8. The molecule has 0 aliphatic carbocycles. The van der Waals surface area contributed by atoms with Crippen molar-refractivity contribution in [1.29, 1.82) is 0 Å². The molecular weight excluding hydrogens is 431 g/mol. The molecule has 1 N–H and O–H groups in total. The smallest absolute Gasteiger partial charge is 0.334 e. The third kappa shape index (κ3) is 5.37. The van der Waals surface area contributed by atoms with Crippen LogP contribution in [0.15, 0.2) is 47.4 Å². The minimum absolute atomic E-state index is 0.0517. The van der Waals surface area contributed by atoms with Crippen LogP contribution in [0.5, 0.6) is 0 Å². The second-order valence-corrected chi connectivity index (χ2v) is 9.43. The summed E-state index contributed by atoms with van der Waals surface area (Å²) in [6.07, 6.45) is -4.45. The van der Waals surface area contributed by atoms with Crippen LogP contribution in [0.4, 0.5) is 18.0 Å². The number of benzene rings is 2. The van der Waals surface area contributed by atoms with Gasteiger partial charge in [-0.2, -0.15) is 17.5 Å². The highest BCUT2D eigenvalue weighted by Crippen LogP contribution is 2.29. The van der Waals surface area contributed by atoms with E-state index in [4.69, 9.17) is 0 Å². The first-order valence-corrected chi connectivity index (χ1v) is 11.2. The fraction of sp³-hybridized carbons (Fsp3) is 0.381. The largest absolute Gasteiger partial charge is 0.416 e. The summed E-state index contributed by atoms with van der Waals surface area (Å²) in [4.78, 5) is 14.1. The Morgan fingerprint density at radius 3 is 2.29 bits per heavy atom. The lowest BCUT2D eigenvalue weighted by molar-refractivity contribution is -0.137. The molecule has 1 aliphatic heterocycles. The molecule has 0 radical (unpaired) electrons. The number of sulfonamides is 1. The molecule has 0 spiro atoms. The summed E-state index contributed by atoms with van der Waals surface area (Å²) in [6, 6.07) is 9.30. The van der Waals surface area contributed by atoms with Gasteiger partial charge in [-0.1, -0.05) is 18.2 Å². The molecule has 2 amide bonds. The van der Waals surface area contributed by atoms with Crippen molar-refractivity contribution in [3.8, 4) is 0 Å². The molecule has 31 heavy (non-hydrogen) atoms. The Bertz CT molecular complexity index is 1060. The fourth-order valence-corrected chi connectivity index (χ4v) is 4.81. The van der Waals surface area contributed by atoms with Crippen LogP contribution in [-0.4, -0.2) is 49.8 Å². The van der Waals surface area contributed by atoms with Gasteiger partial charge < -0.3 is 10.2 Å². The van der Waals surface area contributed by atoms with Gasteiger partial charge in [0.2, 0.25) is 10.0 Å². The van der Waals surface area contributed by atoms with E-state index in [0.717, 1.165) is 23.3 Å². The molecule has 1 fully saturated rings. The van der Waals surface area contributed by atoms with E-state index in [2.05, 4.69) is 5.32 Å². The number of piperazine rings is 1. The number of nitrogens with zero attached hydrogens (tertiary/aromatic N) is 2. The third-order valence-electron chi connectivity index (χ3n) is 5.34. The van der Waals surface area contributed by atoms with Crippen LogP contribution in [0, 0.1) is 13.8 Å². The maximum Gasteiger partial charge on any atom is 0.416 e. The number of carbonyl (C=O) groups excluding carboxylic acids is 1. The predicted molar refractivity (Wildman–Crippen MR) is 110 cm³/mol. The minimum Gasteiger partial charge on any atom is -0.334 e. The van der Waals surface area contributed by atoms with Crippen LogP contribution >= 0.6 is 0 Å². The highest BCUT2D eigenvalue weighted by atomic mass is 32.2. The summed E-state index contributed by atoms with van der Waals surface area (Å²) in [5.41, 5.74) is 1.44. The molecule has 10 heteroatoms. The van der Waals surface area contributed by atoms with Crippen molar-refractivity contribution in [2.45, 2.75) is 31.5 Å². The Morgan fingerprint density at radius 1 is 1.00 bits per heavy atom. The maximum absolute atomic E-state index is 12.9. The minimum atomic E-state index is -4.45. The van der Waals surface area contributed by atoms with Gasteiger partial charge in [0, 0.05) is 32.7 Å². The zero-order valence-electron chi connectivity index (χ0n) is 17.2. The molecule has 168 valence electrons. The quantitative estimate of drug-likeness (QED) is 0.767. The first-order valence-electron chi connectivity index (χ1n) is 9.75. The first-order chi connectivity index (χ1) is 14.5. The first kappa shape index (κ1) is 23.1. The molecule has 2 aromatic carbocycles. The van der Waals surface area contributed by atoms with Crippen LogP contribution in [0.2, 0.25) is 0 Å². The third-order valence-corrected chi connectivity index (χ3v) is 7.23. The molecule has 1 aliphatic rings. The van der Waals surface area contributed by atoms with Crippen molar-refractivity contribution in [3.63, 3.8) is 0 Å². The van der Waals surface area contributed by atoms with Gasteiger partial charge in [-0.25, -0.2) is 13.2 Å². The number of aryl methyl sites for hydroxylation is 2. The van der Waals surface area contributed by atoms with Crippen molar-refractivity contribution in [3.05, 3.63) is 64.7 Å². The van der Waals surface area contributed by atoms with E-state index in [1.54, 1.807) is 18.2 Å². The SMILES string of the molecule is Cc1ccc(S(=O)(=O)N2CCN(C(=O)NCc3cccc(C(F)(F)F)c3)CC2)cc1C. The Labute approximate surface area is 179 Å². The van der Waals surface area contributed by atoms with Gasteiger partial charge in [0.25, 0.3) is 0 Å². The molecule has 0 saturated carbocycles. The van der Waals surface area contributed by atoms with E-state index in [9.17, 15) is 26.4 Å². The van der Waals surface area contributed by atoms with Crippen molar-refractivity contribution in [2.24, 2.45) is 0 Å². The summed E-state index contributed by atoms with van der Waals surface area (Å²) in [6.45, 7) is 4.38. The van der Waals surface area contributed by atoms with Crippen LogP contribution in [-0.2, 0) is 22.7 Å². The highest BCUT2D eigenvalue weighted by molar-refractivity contribution is 7.89. The van der Waals surface area contributed by atoms with Crippen molar-refractivity contribution in [1.82, 2.24) is 14.5 Å². The highest BCUT2D eigenvalue weighted by Gasteiger charge is 2.31. The van der Waals surface area contributed by atoms with Crippen LogP contribution in [0.25, 0.3) is 0 Å². The number of halogens is 3. The summed E-state index contributed by atoms with van der Waals surface area (Å²) in [7, 11) is -3.66. The monoisotopic (exact) mass is 455 g/mol. The second kappa shape index (κ2) is 8.88. The molecular formula is C21H24F3N3O3S. The van der Waals surface area contributed by atoms with E-state index in [0.29, 0.717) is 5.56 Å². The van der Waals surface area contributed by atoms with Crippen molar-refractivity contribution in [2.75, 3.05) is 26.2 Å². The molecule has 2 aromatic rings.